The summed E-state index contributed by atoms with van der Waals surface area (Å²) >= 11 is 0. The molecule has 1 atom stereocenters. The van der Waals surface area contributed by atoms with E-state index in [4.69, 9.17) is 4.74 Å². The average molecular weight is 285 g/mol. The van der Waals surface area contributed by atoms with Crippen LogP contribution in [0.4, 0.5) is 4.39 Å². The molecule has 0 saturated carbocycles. The van der Waals surface area contributed by atoms with Crippen LogP contribution >= 0.6 is 0 Å². The molecule has 3 rings (SSSR count). The van der Waals surface area contributed by atoms with Crippen molar-refractivity contribution >= 4 is 0 Å². The number of benzene rings is 2. The van der Waals surface area contributed by atoms with Gasteiger partial charge >= 0.3 is 0 Å². The highest BCUT2D eigenvalue weighted by Gasteiger charge is 2.20. The van der Waals surface area contributed by atoms with Gasteiger partial charge in [-0.2, -0.15) is 0 Å². The van der Waals surface area contributed by atoms with Crippen LogP contribution in [0.2, 0.25) is 0 Å². The molecule has 0 aromatic heterocycles. The predicted molar refractivity (Wildman–Crippen MR) is 81.6 cm³/mol. The second kappa shape index (κ2) is 5.96. The Morgan fingerprint density at radius 1 is 1.14 bits per heavy atom. The smallest absolute Gasteiger partial charge is 0.128 e. The van der Waals surface area contributed by atoms with Gasteiger partial charge in [0.1, 0.15) is 5.82 Å². The minimum Gasteiger partial charge on any atom is -0.372 e. The Balaban J connectivity index is 2.03. The zero-order chi connectivity index (χ0) is 14.8. The minimum absolute atomic E-state index is 0.124. The SMILES string of the molecule is CCNC(c1ccc2c(c1)COC2)c1cc(C)ccc1F. The second-order valence-electron chi connectivity index (χ2n) is 5.54. The third-order valence-corrected chi connectivity index (χ3v) is 3.95. The third kappa shape index (κ3) is 2.85. The van der Waals surface area contributed by atoms with Crippen molar-refractivity contribution in [3.63, 3.8) is 0 Å². The summed E-state index contributed by atoms with van der Waals surface area (Å²) in [7, 11) is 0. The Bertz CT molecular complexity index is 654. The molecule has 1 aliphatic rings. The van der Waals surface area contributed by atoms with Crippen molar-refractivity contribution in [2.24, 2.45) is 0 Å². The molecule has 1 unspecified atom stereocenters. The van der Waals surface area contributed by atoms with Crippen LogP contribution < -0.4 is 5.32 Å². The first-order valence-corrected chi connectivity index (χ1v) is 7.38. The van der Waals surface area contributed by atoms with Crippen LogP contribution in [0.25, 0.3) is 0 Å². The average Bonchev–Trinajstić information content (AvgIpc) is 2.95. The molecule has 1 heterocycles. The van der Waals surface area contributed by atoms with Crippen molar-refractivity contribution in [1.82, 2.24) is 5.32 Å². The van der Waals surface area contributed by atoms with Gasteiger partial charge < -0.3 is 10.1 Å². The molecule has 0 amide bonds. The lowest BCUT2D eigenvalue weighted by atomic mass is 9.94. The Hall–Kier alpha value is -1.71. The molecule has 2 aromatic carbocycles. The van der Waals surface area contributed by atoms with Gasteiger partial charge in [0.05, 0.1) is 19.3 Å². The number of nitrogens with one attached hydrogen (secondary N) is 1. The van der Waals surface area contributed by atoms with E-state index >= 15 is 0 Å². The molecule has 0 bridgehead atoms. The number of hydrogen-bond acceptors (Lipinski definition) is 2. The molecule has 2 nitrogen and oxygen atoms in total. The van der Waals surface area contributed by atoms with Crippen LogP contribution in [-0.4, -0.2) is 6.54 Å². The summed E-state index contributed by atoms with van der Waals surface area (Å²) < 4.78 is 19.7. The van der Waals surface area contributed by atoms with Gasteiger partial charge in [0.15, 0.2) is 0 Å². The maximum atomic E-state index is 14.2. The summed E-state index contributed by atoms with van der Waals surface area (Å²) in [6.07, 6.45) is 0. The Labute approximate surface area is 125 Å². The topological polar surface area (TPSA) is 21.3 Å². The lowest BCUT2D eigenvalue weighted by Crippen LogP contribution is -2.23. The van der Waals surface area contributed by atoms with E-state index in [1.165, 1.54) is 11.1 Å². The number of rotatable bonds is 4. The number of hydrogen-bond donors (Lipinski definition) is 1. The normalized spacial score (nSPS) is 15.0. The van der Waals surface area contributed by atoms with Gasteiger partial charge in [-0.25, -0.2) is 4.39 Å². The van der Waals surface area contributed by atoms with Crippen molar-refractivity contribution in [3.05, 3.63) is 70.0 Å². The van der Waals surface area contributed by atoms with E-state index in [2.05, 4.69) is 23.5 Å². The first-order chi connectivity index (χ1) is 10.2. The third-order valence-electron chi connectivity index (χ3n) is 3.95. The summed E-state index contributed by atoms with van der Waals surface area (Å²) in [5, 5.41) is 3.39. The summed E-state index contributed by atoms with van der Waals surface area (Å²) in [6.45, 7) is 6.14. The first-order valence-electron chi connectivity index (χ1n) is 7.38. The second-order valence-corrected chi connectivity index (χ2v) is 5.54. The highest BCUT2D eigenvalue weighted by molar-refractivity contribution is 5.40. The number of fused-ring (bicyclic) bond motifs is 1. The molecule has 1 aliphatic heterocycles. The van der Waals surface area contributed by atoms with Gasteiger partial charge in [0.2, 0.25) is 0 Å². The van der Waals surface area contributed by atoms with Crippen molar-refractivity contribution in [1.29, 1.82) is 0 Å². The van der Waals surface area contributed by atoms with E-state index in [-0.39, 0.29) is 11.9 Å². The fourth-order valence-electron chi connectivity index (χ4n) is 2.87. The van der Waals surface area contributed by atoms with Gasteiger partial charge in [0.25, 0.3) is 0 Å². The maximum absolute atomic E-state index is 14.2. The lowest BCUT2D eigenvalue weighted by Gasteiger charge is -2.21. The van der Waals surface area contributed by atoms with E-state index < -0.39 is 0 Å². The number of ether oxygens (including phenoxy) is 1. The monoisotopic (exact) mass is 285 g/mol. The Morgan fingerprint density at radius 2 is 1.95 bits per heavy atom. The van der Waals surface area contributed by atoms with E-state index in [0.717, 1.165) is 17.7 Å². The maximum Gasteiger partial charge on any atom is 0.128 e. The van der Waals surface area contributed by atoms with Crippen LogP contribution in [0.5, 0.6) is 0 Å². The van der Waals surface area contributed by atoms with Gasteiger partial charge in [0, 0.05) is 5.56 Å². The zero-order valence-electron chi connectivity index (χ0n) is 12.4. The van der Waals surface area contributed by atoms with Crippen LogP contribution in [0.15, 0.2) is 36.4 Å². The van der Waals surface area contributed by atoms with Crippen LogP contribution in [0.1, 0.15) is 40.8 Å². The zero-order valence-corrected chi connectivity index (χ0v) is 12.4. The van der Waals surface area contributed by atoms with E-state index in [1.54, 1.807) is 12.1 Å². The molecule has 3 heteroatoms. The Morgan fingerprint density at radius 3 is 2.76 bits per heavy atom. The quantitative estimate of drug-likeness (QED) is 0.921. The van der Waals surface area contributed by atoms with Crippen molar-refractivity contribution in [3.8, 4) is 0 Å². The fraction of sp³-hybridized carbons (Fsp3) is 0.333. The molecule has 2 aromatic rings. The van der Waals surface area contributed by atoms with E-state index in [9.17, 15) is 4.39 Å². The van der Waals surface area contributed by atoms with Crippen molar-refractivity contribution in [2.75, 3.05) is 6.54 Å². The summed E-state index contributed by atoms with van der Waals surface area (Å²) in [5.41, 5.74) is 5.31. The molecule has 0 spiro atoms. The largest absolute Gasteiger partial charge is 0.372 e. The molecular formula is C18H20FNO. The van der Waals surface area contributed by atoms with Gasteiger partial charge in [-0.15, -0.1) is 0 Å². The standard InChI is InChI=1S/C18H20FNO/c1-3-20-18(16-8-12(2)4-7-17(16)19)13-5-6-14-10-21-11-15(14)9-13/h4-9,18,20H,3,10-11H2,1-2H3. The lowest BCUT2D eigenvalue weighted by molar-refractivity contribution is 0.134. The molecule has 0 radical (unpaired) electrons. The first kappa shape index (κ1) is 14.2. The van der Waals surface area contributed by atoms with Crippen molar-refractivity contribution in [2.45, 2.75) is 33.1 Å². The number of aryl methyl sites for hydroxylation is 1. The van der Waals surface area contributed by atoms with Crippen LogP contribution in [0, 0.1) is 12.7 Å². The molecular weight excluding hydrogens is 265 g/mol. The molecule has 110 valence electrons. The Kier molecular flexibility index (Phi) is 4.04. The predicted octanol–water partition coefficient (Wildman–Crippen LogP) is 3.86. The van der Waals surface area contributed by atoms with E-state index in [0.29, 0.717) is 18.8 Å². The van der Waals surface area contributed by atoms with Crippen LogP contribution in [0.3, 0.4) is 0 Å². The molecule has 1 N–H and O–H groups in total. The van der Waals surface area contributed by atoms with Gasteiger partial charge in [-0.1, -0.05) is 42.8 Å². The molecule has 0 aliphatic carbocycles. The van der Waals surface area contributed by atoms with Crippen molar-refractivity contribution < 1.29 is 9.13 Å². The highest BCUT2D eigenvalue weighted by atomic mass is 19.1. The summed E-state index contributed by atoms with van der Waals surface area (Å²) in [6, 6.07) is 11.5. The summed E-state index contributed by atoms with van der Waals surface area (Å²) in [4.78, 5) is 0. The number of halogens is 1. The minimum atomic E-state index is -0.164. The van der Waals surface area contributed by atoms with Crippen LogP contribution in [-0.2, 0) is 18.0 Å². The fourth-order valence-corrected chi connectivity index (χ4v) is 2.87. The molecule has 21 heavy (non-hydrogen) atoms. The molecule has 0 fully saturated rings. The summed E-state index contributed by atoms with van der Waals surface area (Å²) in [5.74, 6) is -0.164. The van der Waals surface area contributed by atoms with Gasteiger partial charge in [-0.05, 0) is 36.2 Å². The molecule has 0 saturated heterocycles. The highest BCUT2D eigenvalue weighted by Crippen LogP contribution is 2.29. The van der Waals surface area contributed by atoms with Gasteiger partial charge in [-0.3, -0.25) is 0 Å². The van der Waals surface area contributed by atoms with E-state index in [1.807, 2.05) is 19.9 Å².